The van der Waals surface area contributed by atoms with Crippen LogP contribution in [0.5, 0.6) is 0 Å². The molecule has 1 fully saturated rings. The lowest BCUT2D eigenvalue weighted by atomic mass is 10.1. The lowest BCUT2D eigenvalue weighted by Crippen LogP contribution is -2.36. The monoisotopic (exact) mass is 376 g/mol. The fourth-order valence-electron chi connectivity index (χ4n) is 2.60. The summed E-state index contributed by atoms with van der Waals surface area (Å²) in [4.78, 5) is 2.85. The summed E-state index contributed by atoms with van der Waals surface area (Å²) < 4.78 is 72.1. The Morgan fingerprint density at radius 1 is 1.32 bits per heavy atom. The van der Waals surface area contributed by atoms with Gasteiger partial charge in [0.05, 0.1) is 12.2 Å². The van der Waals surface area contributed by atoms with Gasteiger partial charge in [0.25, 0.3) is 0 Å². The van der Waals surface area contributed by atoms with Gasteiger partial charge in [-0.15, -0.1) is 0 Å². The molecule has 136 valence electrons. The summed E-state index contributed by atoms with van der Waals surface area (Å²) in [5.74, 6) is 0. The van der Waals surface area contributed by atoms with E-state index in [-0.39, 0.29) is 4.90 Å². The molecule has 1 saturated heterocycles. The molecule has 0 radical (unpaired) electrons. The molecule has 0 aliphatic carbocycles. The number of halogens is 3. The summed E-state index contributed by atoms with van der Waals surface area (Å²) in [6.45, 7) is 0.359. The van der Waals surface area contributed by atoms with Crippen LogP contribution in [0.4, 0.5) is 13.2 Å². The molecule has 0 spiro atoms. The molecule has 1 aliphatic rings. The van der Waals surface area contributed by atoms with Crippen LogP contribution >= 0.6 is 0 Å². The third-order valence-electron chi connectivity index (χ3n) is 3.79. The van der Waals surface area contributed by atoms with Crippen molar-refractivity contribution in [1.82, 2.24) is 19.5 Å². The van der Waals surface area contributed by atoms with E-state index < -0.39 is 34.0 Å². The lowest BCUT2D eigenvalue weighted by molar-refractivity contribution is -0.141. The van der Waals surface area contributed by atoms with Gasteiger partial charge in [0.2, 0.25) is 10.0 Å². The fourth-order valence-corrected chi connectivity index (χ4v) is 3.81. The van der Waals surface area contributed by atoms with Gasteiger partial charge in [0.1, 0.15) is 16.7 Å². The van der Waals surface area contributed by atoms with E-state index >= 15 is 0 Å². The number of nitrogens with one attached hydrogen (secondary N) is 1. The van der Waals surface area contributed by atoms with Gasteiger partial charge in [0, 0.05) is 31.6 Å². The van der Waals surface area contributed by atoms with Crippen LogP contribution < -0.4 is 4.72 Å². The molecule has 0 aromatic carbocycles. The van der Waals surface area contributed by atoms with Crippen molar-refractivity contribution >= 4 is 10.0 Å². The van der Waals surface area contributed by atoms with Gasteiger partial charge in [-0.3, -0.25) is 9.67 Å². The Kier molecular flexibility index (Phi) is 4.56. The summed E-state index contributed by atoms with van der Waals surface area (Å²) in [6.07, 6.45) is -0.702. The third-order valence-corrected chi connectivity index (χ3v) is 5.26. The number of aromatic nitrogens is 3. The average molecular weight is 376 g/mol. The van der Waals surface area contributed by atoms with Crippen molar-refractivity contribution in [2.75, 3.05) is 6.61 Å². The Morgan fingerprint density at radius 2 is 2.08 bits per heavy atom. The first-order valence-electron chi connectivity index (χ1n) is 7.32. The number of pyridine rings is 1. The molecule has 0 saturated carbocycles. The van der Waals surface area contributed by atoms with Gasteiger partial charge < -0.3 is 4.74 Å². The summed E-state index contributed by atoms with van der Waals surface area (Å²) in [5.41, 5.74) is -0.429. The van der Waals surface area contributed by atoms with Gasteiger partial charge >= 0.3 is 6.18 Å². The second kappa shape index (κ2) is 6.39. The van der Waals surface area contributed by atoms with E-state index in [2.05, 4.69) is 14.8 Å². The summed E-state index contributed by atoms with van der Waals surface area (Å²) in [5, 5.41) is 4.03. The number of ether oxygens (including phenoxy) is 1. The van der Waals surface area contributed by atoms with Gasteiger partial charge in [-0.05, 0) is 18.6 Å². The molecule has 25 heavy (non-hydrogen) atoms. The first kappa shape index (κ1) is 17.8. The average Bonchev–Trinajstić information content (AvgIpc) is 3.15. The largest absolute Gasteiger partial charge is 0.433 e. The maximum absolute atomic E-state index is 12.5. The van der Waals surface area contributed by atoms with Crippen molar-refractivity contribution in [3.05, 3.63) is 42.0 Å². The van der Waals surface area contributed by atoms with Crippen LogP contribution in [0.15, 0.2) is 35.6 Å². The first-order valence-corrected chi connectivity index (χ1v) is 8.81. The van der Waals surface area contributed by atoms with Crippen LogP contribution in [0.1, 0.15) is 23.8 Å². The van der Waals surface area contributed by atoms with E-state index in [1.165, 1.54) is 0 Å². The summed E-state index contributed by atoms with van der Waals surface area (Å²) >= 11 is 0. The molecule has 11 heteroatoms. The van der Waals surface area contributed by atoms with Crippen molar-refractivity contribution in [3.63, 3.8) is 0 Å². The van der Waals surface area contributed by atoms with Crippen LogP contribution in [-0.4, -0.2) is 35.8 Å². The van der Waals surface area contributed by atoms with Crippen LogP contribution in [0.3, 0.4) is 0 Å². The van der Waals surface area contributed by atoms with E-state index in [0.717, 1.165) is 11.6 Å². The van der Waals surface area contributed by atoms with Crippen LogP contribution in [0.25, 0.3) is 0 Å². The lowest BCUT2D eigenvalue weighted by Gasteiger charge is -2.19. The molecule has 0 bridgehead atoms. The zero-order chi connectivity index (χ0) is 18.2. The minimum absolute atomic E-state index is 0.336. The van der Waals surface area contributed by atoms with E-state index in [4.69, 9.17) is 4.74 Å². The number of hydrogen-bond donors (Lipinski definition) is 1. The Bertz CT molecular complexity index is 849. The van der Waals surface area contributed by atoms with Crippen LogP contribution in [-0.2, 0) is 28.0 Å². The quantitative estimate of drug-likeness (QED) is 0.877. The molecule has 2 aromatic heterocycles. The maximum atomic E-state index is 12.5. The Labute approximate surface area is 141 Å². The number of nitrogens with zero attached hydrogens (tertiary/aromatic N) is 3. The second-order valence-electron chi connectivity index (χ2n) is 5.63. The summed E-state index contributed by atoms with van der Waals surface area (Å²) in [6, 6.07) is 0.974. The normalized spacial score (nSPS) is 21.6. The highest BCUT2D eigenvalue weighted by molar-refractivity contribution is 7.89. The Morgan fingerprint density at radius 3 is 2.64 bits per heavy atom. The van der Waals surface area contributed by atoms with Gasteiger partial charge in [-0.25, -0.2) is 13.1 Å². The van der Waals surface area contributed by atoms with E-state index in [1.807, 2.05) is 0 Å². The van der Waals surface area contributed by atoms with E-state index in [1.54, 1.807) is 24.1 Å². The minimum Gasteiger partial charge on any atom is -0.372 e. The van der Waals surface area contributed by atoms with Crippen LogP contribution in [0, 0.1) is 0 Å². The van der Waals surface area contributed by atoms with Crippen LogP contribution in [0.2, 0.25) is 0 Å². The van der Waals surface area contributed by atoms with Crippen molar-refractivity contribution in [3.8, 4) is 0 Å². The van der Waals surface area contributed by atoms with Gasteiger partial charge in [0.15, 0.2) is 0 Å². The SMILES string of the molecule is Cn1cc([C@H]2OCC[C@@H]2NS(=O)(=O)c2ccc(C(F)(F)F)nc2)cn1. The number of alkyl halides is 3. The molecule has 0 amide bonds. The first-order chi connectivity index (χ1) is 11.7. The minimum atomic E-state index is -4.62. The predicted molar refractivity (Wildman–Crippen MR) is 79.9 cm³/mol. The van der Waals surface area contributed by atoms with E-state index in [0.29, 0.717) is 25.3 Å². The number of sulfonamides is 1. The molecular formula is C14H15F3N4O3S. The van der Waals surface area contributed by atoms with Crippen molar-refractivity contribution in [2.45, 2.75) is 29.6 Å². The zero-order valence-electron chi connectivity index (χ0n) is 13.1. The number of rotatable bonds is 4. The Balaban J connectivity index is 1.79. The summed E-state index contributed by atoms with van der Waals surface area (Å²) in [7, 11) is -2.30. The molecule has 7 nitrogen and oxygen atoms in total. The fraction of sp³-hybridized carbons (Fsp3) is 0.429. The highest BCUT2D eigenvalue weighted by Gasteiger charge is 2.35. The molecule has 2 atom stereocenters. The molecule has 3 rings (SSSR count). The highest BCUT2D eigenvalue weighted by Crippen LogP contribution is 2.31. The van der Waals surface area contributed by atoms with Crippen molar-refractivity contribution in [1.29, 1.82) is 0 Å². The molecule has 1 N–H and O–H groups in total. The Hall–Kier alpha value is -1.98. The van der Waals surface area contributed by atoms with E-state index in [9.17, 15) is 21.6 Å². The zero-order valence-corrected chi connectivity index (χ0v) is 13.9. The second-order valence-corrected chi connectivity index (χ2v) is 7.35. The van der Waals surface area contributed by atoms with Crippen molar-refractivity contribution < 1.29 is 26.3 Å². The third kappa shape index (κ3) is 3.83. The van der Waals surface area contributed by atoms with Crippen molar-refractivity contribution in [2.24, 2.45) is 7.05 Å². The van der Waals surface area contributed by atoms with Gasteiger partial charge in [-0.2, -0.15) is 18.3 Å². The predicted octanol–water partition coefficient (Wildman–Crippen LogP) is 1.64. The smallest absolute Gasteiger partial charge is 0.372 e. The topological polar surface area (TPSA) is 86.1 Å². The molecule has 3 heterocycles. The number of hydrogen-bond acceptors (Lipinski definition) is 5. The standard InChI is InChI=1S/C14H15F3N4O3S/c1-21-8-9(6-19-21)13-11(4-5-24-13)20-25(22,23)10-2-3-12(18-7-10)14(15,16)17/h2-3,6-8,11,13,20H,4-5H2,1H3/t11-,13+/m0/s1. The molecular weight excluding hydrogens is 361 g/mol. The van der Waals surface area contributed by atoms with Gasteiger partial charge in [-0.1, -0.05) is 0 Å². The molecule has 0 unspecified atom stereocenters. The molecule has 1 aliphatic heterocycles. The maximum Gasteiger partial charge on any atom is 0.433 e. The number of aryl methyl sites for hydroxylation is 1. The molecule has 2 aromatic rings. The highest BCUT2D eigenvalue weighted by atomic mass is 32.2.